The number of halogens is 1. The molecule has 2 rings (SSSR count). The van der Waals surface area contributed by atoms with Gasteiger partial charge in [0.25, 0.3) is 0 Å². The molecule has 1 aromatic rings. The van der Waals surface area contributed by atoms with E-state index in [9.17, 15) is 9.90 Å². The molecular formula is C14H20ClNO3S. The lowest BCUT2D eigenvalue weighted by atomic mass is 10.00. The van der Waals surface area contributed by atoms with Crippen LogP contribution >= 0.6 is 22.9 Å². The highest BCUT2D eigenvalue weighted by Gasteiger charge is 2.39. The minimum absolute atomic E-state index is 0.0664. The van der Waals surface area contributed by atoms with Crippen molar-refractivity contribution >= 4 is 28.9 Å². The first kappa shape index (κ1) is 15.8. The fourth-order valence-corrected chi connectivity index (χ4v) is 3.86. The van der Waals surface area contributed by atoms with Crippen LogP contribution in [-0.4, -0.2) is 41.8 Å². The van der Waals surface area contributed by atoms with Gasteiger partial charge in [-0.2, -0.15) is 0 Å². The summed E-state index contributed by atoms with van der Waals surface area (Å²) in [5.41, 5.74) is 0. The SMILES string of the molecule is CCCN(C(C)c1ccc(Cl)s1)C1COCC1C(=O)O. The number of thiophene rings is 1. The summed E-state index contributed by atoms with van der Waals surface area (Å²) in [6.07, 6.45) is 0.978. The summed E-state index contributed by atoms with van der Waals surface area (Å²) in [5, 5.41) is 9.33. The average Bonchev–Trinajstić information content (AvgIpc) is 3.03. The van der Waals surface area contributed by atoms with Crippen molar-refractivity contribution in [2.75, 3.05) is 19.8 Å². The molecule has 3 atom stereocenters. The van der Waals surface area contributed by atoms with Gasteiger partial charge < -0.3 is 9.84 Å². The number of carboxylic acids is 1. The molecule has 3 unspecified atom stereocenters. The van der Waals surface area contributed by atoms with Gasteiger partial charge in [0.1, 0.15) is 0 Å². The monoisotopic (exact) mass is 317 g/mol. The van der Waals surface area contributed by atoms with E-state index in [0.717, 1.165) is 17.3 Å². The van der Waals surface area contributed by atoms with Gasteiger partial charge in [-0.05, 0) is 32.0 Å². The van der Waals surface area contributed by atoms with Crippen molar-refractivity contribution < 1.29 is 14.6 Å². The molecule has 1 fully saturated rings. The predicted molar refractivity (Wildman–Crippen MR) is 80.5 cm³/mol. The highest BCUT2D eigenvalue weighted by Crippen LogP contribution is 2.34. The molecule has 112 valence electrons. The predicted octanol–water partition coefficient (Wildman–Crippen LogP) is 3.27. The Morgan fingerprint density at radius 2 is 2.35 bits per heavy atom. The quantitative estimate of drug-likeness (QED) is 0.875. The van der Waals surface area contributed by atoms with Gasteiger partial charge in [-0.3, -0.25) is 9.69 Å². The van der Waals surface area contributed by atoms with Crippen LogP contribution in [0.1, 0.15) is 31.2 Å². The van der Waals surface area contributed by atoms with Crippen LogP contribution in [0.2, 0.25) is 4.34 Å². The minimum atomic E-state index is -0.773. The molecule has 4 nitrogen and oxygen atoms in total. The van der Waals surface area contributed by atoms with Crippen LogP contribution in [0.3, 0.4) is 0 Å². The average molecular weight is 318 g/mol. The smallest absolute Gasteiger partial charge is 0.310 e. The van der Waals surface area contributed by atoms with Gasteiger partial charge in [-0.25, -0.2) is 0 Å². The number of carboxylic acid groups (broad SMARTS) is 1. The van der Waals surface area contributed by atoms with Crippen molar-refractivity contribution in [3.8, 4) is 0 Å². The maximum Gasteiger partial charge on any atom is 0.310 e. The largest absolute Gasteiger partial charge is 0.481 e. The molecule has 1 aliphatic rings. The summed E-state index contributed by atoms with van der Waals surface area (Å²) in [5.74, 6) is -1.22. The standard InChI is InChI=1S/C14H20ClNO3S/c1-3-6-16(9(2)12-4-5-13(15)20-12)11-8-19-7-10(11)14(17)18/h4-5,9-11H,3,6-8H2,1-2H3,(H,17,18). The summed E-state index contributed by atoms with van der Waals surface area (Å²) in [6, 6.07) is 4.00. The maximum absolute atomic E-state index is 11.4. The van der Waals surface area contributed by atoms with E-state index in [2.05, 4.69) is 18.7 Å². The number of ether oxygens (including phenoxy) is 1. The van der Waals surface area contributed by atoms with E-state index < -0.39 is 11.9 Å². The second-order valence-electron chi connectivity index (χ2n) is 5.11. The molecule has 1 N–H and O–H groups in total. The zero-order valence-electron chi connectivity index (χ0n) is 11.7. The van der Waals surface area contributed by atoms with Crippen LogP contribution in [0.5, 0.6) is 0 Å². The fraction of sp³-hybridized carbons (Fsp3) is 0.643. The fourth-order valence-electron chi connectivity index (χ4n) is 2.73. The van der Waals surface area contributed by atoms with Crippen LogP contribution < -0.4 is 0 Å². The molecule has 20 heavy (non-hydrogen) atoms. The zero-order chi connectivity index (χ0) is 14.7. The maximum atomic E-state index is 11.4. The number of hydrogen-bond acceptors (Lipinski definition) is 4. The Hall–Kier alpha value is -0.620. The molecule has 0 bridgehead atoms. The van der Waals surface area contributed by atoms with E-state index in [-0.39, 0.29) is 12.1 Å². The first-order valence-electron chi connectivity index (χ1n) is 6.86. The van der Waals surface area contributed by atoms with Crippen LogP contribution in [0, 0.1) is 5.92 Å². The Labute approximate surface area is 128 Å². The van der Waals surface area contributed by atoms with Crippen LogP contribution in [0.4, 0.5) is 0 Å². The molecule has 1 saturated heterocycles. The van der Waals surface area contributed by atoms with Crippen molar-refractivity contribution in [3.63, 3.8) is 0 Å². The van der Waals surface area contributed by atoms with Crippen molar-refractivity contribution in [3.05, 3.63) is 21.3 Å². The third kappa shape index (κ3) is 3.34. The minimum Gasteiger partial charge on any atom is -0.481 e. The number of hydrogen-bond donors (Lipinski definition) is 1. The third-order valence-corrected chi connectivity index (χ3v) is 5.18. The zero-order valence-corrected chi connectivity index (χ0v) is 13.3. The van der Waals surface area contributed by atoms with Crippen molar-refractivity contribution in [2.24, 2.45) is 5.92 Å². The van der Waals surface area contributed by atoms with Crippen molar-refractivity contribution in [1.29, 1.82) is 0 Å². The summed E-state index contributed by atoms with van der Waals surface area (Å²) >= 11 is 7.56. The van der Waals surface area contributed by atoms with Crippen molar-refractivity contribution in [2.45, 2.75) is 32.4 Å². The number of nitrogens with zero attached hydrogens (tertiary/aromatic N) is 1. The van der Waals surface area contributed by atoms with Gasteiger partial charge in [0.15, 0.2) is 0 Å². The van der Waals surface area contributed by atoms with Gasteiger partial charge in [0, 0.05) is 17.0 Å². The summed E-state index contributed by atoms with van der Waals surface area (Å²) in [4.78, 5) is 14.8. The third-order valence-electron chi connectivity index (χ3n) is 3.78. The summed E-state index contributed by atoms with van der Waals surface area (Å²) in [7, 11) is 0. The van der Waals surface area contributed by atoms with E-state index in [1.807, 2.05) is 12.1 Å². The van der Waals surface area contributed by atoms with E-state index in [4.69, 9.17) is 16.3 Å². The molecule has 0 spiro atoms. The molecule has 0 radical (unpaired) electrons. The van der Waals surface area contributed by atoms with Gasteiger partial charge in [0.2, 0.25) is 0 Å². The Balaban J connectivity index is 2.19. The van der Waals surface area contributed by atoms with Crippen LogP contribution in [0.15, 0.2) is 12.1 Å². The Bertz CT molecular complexity index is 465. The van der Waals surface area contributed by atoms with E-state index >= 15 is 0 Å². The first-order valence-corrected chi connectivity index (χ1v) is 8.05. The summed E-state index contributed by atoms with van der Waals surface area (Å²) in [6.45, 7) is 5.86. The lowest BCUT2D eigenvalue weighted by Gasteiger charge is -2.34. The number of aliphatic carboxylic acids is 1. The lowest BCUT2D eigenvalue weighted by molar-refractivity contribution is -0.143. The van der Waals surface area contributed by atoms with Gasteiger partial charge >= 0.3 is 5.97 Å². The highest BCUT2D eigenvalue weighted by molar-refractivity contribution is 7.16. The molecule has 0 saturated carbocycles. The normalized spacial score (nSPS) is 24.2. The highest BCUT2D eigenvalue weighted by atomic mass is 35.5. The van der Waals surface area contributed by atoms with E-state index in [1.54, 1.807) is 11.3 Å². The van der Waals surface area contributed by atoms with E-state index in [0.29, 0.717) is 13.2 Å². The second kappa shape index (κ2) is 6.89. The molecule has 0 aliphatic carbocycles. The molecule has 0 aromatic carbocycles. The second-order valence-corrected chi connectivity index (χ2v) is 6.85. The lowest BCUT2D eigenvalue weighted by Crippen LogP contribution is -2.44. The van der Waals surface area contributed by atoms with Crippen molar-refractivity contribution in [1.82, 2.24) is 4.90 Å². The Kier molecular flexibility index (Phi) is 5.43. The molecule has 0 amide bonds. The van der Waals surface area contributed by atoms with E-state index in [1.165, 1.54) is 4.88 Å². The van der Waals surface area contributed by atoms with Gasteiger partial charge in [0.05, 0.1) is 23.5 Å². The molecule has 1 aromatic heterocycles. The molecule has 1 aliphatic heterocycles. The summed E-state index contributed by atoms with van der Waals surface area (Å²) < 4.78 is 6.17. The molecular weight excluding hydrogens is 298 g/mol. The number of rotatable bonds is 6. The van der Waals surface area contributed by atoms with Crippen LogP contribution in [0.25, 0.3) is 0 Å². The molecule has 2 heterocycles. The topological polar surface area (TPSA) is 49.8 Å². The van der Waals surface area contributed by atoms with Gasteiger partial charge in [-0.15, -0.1) is 11.3 Å². The van der Waals surface area contributed by atoms with Gasteiger partial charge in [-0.1, -0.05) is 18.5 Å². The molecule has 6 heteroatoms. The first-order chi connectivity index (χ1) is 9.54. The Morgan fingerprint density at radius 3 is 2.90 bits per heavy atom. The van der Waals surface area contributed by atoms with Crippen LogP contribution in [-0.2, 0) is 9.53 Å². The number of carbonyl (C=O) groups is 1. The Morgan fingerprint density at radius 1 is 1.60 bits per heavy atom.